The third-order valence-corrected chi connectivity index (χ3v) is 6.32. The number of hydrogen-bond donors (Lipinski definition) is 3. The van der Waals surface area contributed by atoms with Crippen molar-refractivity contribution in [3.63, 3.8) is 0 Å². The van der Waals surface area contributed by atoms with E-state index in [9.17, 15) is 9.59 Å². The fourth-order valence-electron chi connectivity index (χ4n) is 4.63. The Hall–Kier alpha value is -2.86. The van der Waals surface area contributed by atoms with Gasteiger partial charge in [-0.05, 0) is 54.0 Å². The predicted molar refractivity (Wildman–Crippen MR) is 134 cm³/mol. The van der Waals surface area contributed by atoms with Crippen LogP contribution in [0.2, 0.25) is 0 Å². The molecular weight excluding hydrogens is 414 g/mol. The lowest BCUT2D eigenvalue weighted by Crippen LogP contribution is -2.33. The van der Waals surface area contributed by atoms with E-state index < -0.39 is 0 Å². The van der Waals surface area contributed by atoms with Crippen LogP contribution in [0.1, 0.15) is 76.0 Å². The number of nitrogens with one attached hydrogen (secondary N) is 3. The number of methoxy groups -OCH3 is 1. The van der Waals surface area contributed by atoms with E-state index in [-0.39, 0.29) is 24.4 Å². The molecule has 0 bridgehead atoms. The van der Waals surface area contributed by atoms with E-state index in [4.69, 9.17) is 4.74 Å². The maximum Gasteiger partial charge on any atom is 0.238 e. The van der Waals surface area contributed by atoms with Crippen LogP contribution in [0.25, 0.3) is 0 Å². The van der Waals surface area contributed by atoms with Crippen molar-refractivity contribution in [1.29, 1.82) is 0 Å². The molecule has 0 saturated heterocycles. The second-order valence-electron chi connectivity index (χ2n) is 9.25. The number of amides is 2. The van der Waals surface area contributed by atoms with Crippen molar-refractivity contribution >= 4 is 23.2 Å². The third-order valence-electron chi connectivity index (χ3n) is 6.32. The molecule has 1 fully saturated rings. The normalized spacial score (nSPS) is 15.2. The average molecular weight is 452 g/mol. The molecule has 0 unspecified atom stereocenters. The number of anilines is 2. The molecule has 2 amide bonds. The lowest BCUT2D eigenvalue weighted by Gasteiger charge is -2.25. The van der Waals surface area contributed by atoms with Gasteiger partial charge in [0.1, 0.15) is 5.75 Å². The van der Waals surface area contributed by atoms with Gasteiger partial charge in [-0.2, -0.15) is 0 Å². The Labute approximate surface area is 197 Å². The molecule has 6 nitrogen and oxygen atoms in total. The summed E-state index contributed by atoms with van der Waals surface area (Å²) in [6.45, 7) is 5.93. The summed E-state index contributed by atoms with van der Waals surface area (Å²) in [5, 5.41) is 9.03. The second kappa shape index (κ2) is 11.8. The van der Waals surface area contributed by atoms with E-state index in [1.807, 2.05) is 0 Å². The number of carbonyl (C=O) groups is 2. The Balaban J connectivity index is 1.63. The highest BCUT2D eigenvalue weighted by atomic mass is 16.5. The third kappa shape index (κ3) is 7.06. The number of ether oxygens (including phenoxy) is 1. The summed E-state index contributed by atoms with van der Waals surface area (Å²) in [7, 11) is 1.55. The Morgan fingerprint density at radius 2 is 1.70 bits per heavy atom. The topological polar surface area (TPSA) is 79.5 Å². The first kappa shape index (κ1) is 24.8. The number of hydrogen-bond acceptors (Lipinski definition) is 4. The van der Waals surface area contributed by atoms with Gasteiger partial charge in [0.2, 0.25) is 11.8 Å². The van der Waals surface area contributed by atoms with Crippen LogP contribution in [0.3, 0.4) is 0 Å². The van der Waals surface area contributed by atoms with Gasteiger partial charge in [0.05, 0.1) is 19.3 Å². The Kier molecular flexibility index (Phi) is 8.89. The van der Waals surface area contributed by atoms with Gasteiger partial charge in [-0.1, -0.05) is 57.4 Å². The van der Waals surface area contributed by atoms with Gasteiger partial charge in [-0.3, -0.25) is 9.59 Å². The van der Waals surface area contributed by atoms with Crippen LogP contribution in [-0.2, 0) is 9.59 Å². The SMILES string of the molecule is COc1ccc(NC(C)=O)cc1NC(=O)CN[C@@H](c1ccc(C2CCCCC2)cc1)C(C)C. The van der Waals surface area contributed by atoms with E-state index in [0.717, 1.165) is 0 Å². The van der Waals surface area contributed by atoms with Gasteiger partial charge < -0.3 is 20.7 Å². The minimum Gasteiger partial charge on any atom is -0.495 e. The monoisotopic (exact) mass is 451 g/mol. The van der Waals surface area contributed by atoms with Crippen molar-refractivity contribution < 1.29 is 14.3 Å². The molecule has 3 rings (SSSR count). The summed E-state index contributed by atoms with van der Waals surface area (Å²) in [6.07, 6.45) is 6.60. The average Bonchev–Trinajstić information content (AvgIpc) is 2.80. The van der Waals surface area contributed by atoms with Crippen LogP contribution in [0, 0.1) is 5.92 Å². The van der Waals surface area contributed by atoms with Gasteiger partial charge in [0.25, 0.3) is 0 Å². The molecule has 2 aromatic rings. The molecule has 6 heteroatoms. The van der Waals surface area contributed by atoms with Crippen LogP contribution in [0.15, 0.2) is 42.5 Å². The summed E-state index contributed by atoms with van der Waals surface area (Å²) < 4.78 is 5.35. The quantitative estimate of drug-likeness (QED) is 0.462. The van der Waals surface area contributed by atoms with E-state index in [0.29, 0.717) is 29.0 Å². The van der Waals surface area contributed by atoms with Crippen LogP contribution in [0.4, 0.5) is 11.4 Å². The molecule has 33 heavy (non-hydrogen) atoms. The fourth-order valence-corrected chi connectivity index (χ4v) is 4.63. The van der Waals surface area contributed by atoms with Gasteiger partial charge in [0.15, 0.2) is 0 Å². The lowest BCUT2D eigenvalue weighted by atomic mass is 9.83. The second-order valence-corrected chi connectivity index (χ2v) is 9.25. The molecule has 0 heterocycles. The maximum atomic E-state index is 12.7. The van der Waals surface area contributed by atoms with Crippen molar-refractivity contribution in [3.05, 3.63) is 53.6 Å². The molecule has 0 aromatic heterocycles. The predicted octanol–water partition coefficient (Wildman–Crippen LogP) is 5.63. The summed E-state index contributed by atoms with van der Waals surface area (Å²) in [4.78, 5) is 24.1. The summed E-state index contributed by atoms with van der Waals surface area (Å²) in [6, 6.07) is 14.2. The van der Waals surface area contributed by atoms with E-state index in [1.54, 1.807) is 25.3 Å². The highest BCUT2D eigenvalue weighted by Gasteiger charge is 2.19. The number of rotatable bonds is 9. The van der Waals surface area contributed by atoms with Crippen molar-refractivity contribution in [2.75, 3.05) is 24.3 Å². The number of benzene rings is 2. The molecule has 1 atom stereocenters. The zero-order valence-electron chi connectivity index (χ0n) is 20.2. The smallest absolute Gasteiger partial charge is 0.238 e. The van der Waals surface area contributed by atoms with E-state index >= 15 is 0 Å². The minimum absolute atomic E-state index is 0.0729. The molecule has 1 saturated carbocycles. The van der Waals surface area contributed by atoms with Gasteiger partial charge in [-0.25, -0.2) is 0 Å². The fraction of sp³-hybridized carbons (Fsp3) is 0.481. The van der Waals surface area contributed by atoms with E-state index in [2.05, 4.69) is 54.1 Å². The highest BCUT2D eigenvalue weighted by molar-refractivity contribution is 5.95. The molecule has 0 radical (unpaired) electrons. The minimum atomic E-state index is -0.173. The zero-order valence-corrected chi connectivity index (χ0v) is 20.2. The first-order valence-electron chi connectivity index (χ1n) is 12.0. The van der Waals surface area contributed by atoms with Crippen LogP contribution < -0.4 is 20.7 Å². The summed E-state index contributed by atoms with van der Waals surface area (Å²) in [5.41, 5.74) is 3.76. The largest absolute Gasteiger partial charge is 0.495 e. The van der Waals surface area contributed by atoms with Gasteiger partial charge in [0, 0.05) is 18.7 Å². The van der Waals surface area contributed by atoms with Crippen molar-refractivity contribution in [2.45, 2.75) is 64.8 Å². The van der Waals surface area contributed by atoms with Gasteiger partial charge in [-0.15, -0.1) is 0 Å². The van der Waals surface area contributed by atoms with Crippen LogP contribution >= 0.6 is 0 Å². The molecule has 0 spiro atoms. The molecule has 2 aromatic carbocycles. The summed E-state index contributed by atoms with van der Waals surface area (Å²) >= 11 is 0. The molecule has 0 aliphatic heterocycles. The molecule has 3 N–H and O–H groups in total. The highest BCUT2D eigenvalue weighted by Crippen LogP contribution is 2.33. The first-order valence-corrected chi connectivity index (χ1v) is 12.0. The van der Waals surface area contributed by atoms with Crippen LogP contribution in [-0.4, -0.2) is 25.5 Å². The van der Waals surface area contributed by atoms with Crippen molar-refractivity contribution in [2.24, 2.45) is 5.92 Å². The molecule has 1 aliphatic rings. The van der Waals surface area contributed by atoms with Gasteiger partial charge >= 0.3 is 0 Å². The molecular formula is C27H37N3O3. The van der Waals surface area contributed by atoms with Crippen molar-refractivity contribution in [1.82, 2.24) is 5.32 Å². The Morgan fingerprint density at radius 1 is 1.00 bits per heavy atom. The number of carbonyl (C=O) groups excluding carboxylic acids is 2. The lowest BCUT2D eigenvalue weighted by molar-refractivity contribution is -0.116. The first-order chi connectivity index (χ1) is 15.9. The standard InChI is InChI=1S/C27H37N3O3/c1-18(2)27(22-12-10-21(11-13-22)20-8-6-5-7-9-20)28-17-26(32)30-24-16-23(29-19(3)31)14-15-25(24)33-4/h10-16,18,20,27-28H,5-9,17H2,1-4H3,(H,29,31)(H,30,32)/t27-/m1/s1. The Bertz CT molecular complexity index is 934. The summed E-state index contributed by atoms with van der Waals surface area (Å²) in [5.74, 6) is 1.21. The molecule has 1 aliphatic carbocycles. The van der Waals surface area contributed by atoms with E-state index in [1.165, 1.54) is 50.2 Å². The van der Waals surface area contributed by atoms with Crippen LogP contribution in [0.5, 0.6) is 5.75 Å². The maximum absolute atomic E-state index is 12.7. The Morgan fingerprint density at radius 3 is 2.30 bits per heavy atom. The molecule has 178 valence electrons. The van der Waals surface area contributed by atoms with Crippen molar-refractivity contribution in [3.8, 4) is 5.75 Å². The zero-order chi connectivity index (χ0) is 23.8.